The summed E-state index contributed by atoms with van der Waals surface area (Å²) >= 11 is 0. The maximum atomic E-state index is 5.64. The SMILES string of the molecule is Cc1ccc(N=Nc2ccc(C)c(CCN)c2)cc1CCN. The zero-order valence-electron chi connectivity index (χ0n) is 13.3. The largest absolute Gasteiger partial charge is 0.330 e. The van der Waals surface area contributed by atoms with Gasteiger partial charge in [0, 0.05) is 0 Å². The van der Waals surface area contributed by atoms with E-state index >= 15 is 0 Å². The Kier molecular flexibility index (Phi) is 5.81. The van der Waals surface area contributed by atoms with Crippen molar-refractivity contribution in [1.82, 2.24) is 0 Å². The fourth-order valence-corrected chi connectivity index (χ4v) is 2.41. The molecule has 2 aromatic carbocycles. The summed E-state index contributed by atoms with van der Waals surface area (Å²) in [5.41, 5.74) is 17.9. The molecule has 0 unspecified atom stereocenters. The van der Waals surface area contributed by atoms with Crippen LogP contribution in [0.25, 0.3) is 0 Å². The Morgan fingerprint density at radius 3 is 1.50 bits per heavy atom. The van der Waals surface area contributed by atoms with Crippen molar-refractivity contribution >= 4 is 11.4 Å². The molecule has 0 saturated heterocycles. The average molecular weight is 296 g/mol. The molecule has 0 heterocycles. The predicted octanol–water partition coefficient (Wildman–Crippen LogP) is 3.72. The summed E-state index contributed by atoms with van der Waals surface area (Å²) in [6, 6.07) is 12.2. The van der Waals surface area contributed by atoms with Gasteiger partial charge in [-0.2, -0.15) is 10.2 Å². The molecule has 0 bridgehead atoms. The second-order valence-corrected chi connectivity index (χ2v) is 5.50. The summed E-state index contributed by atoms with van der Waals surface area (Å²) in [7, 11) is 0. The third-order valence-corrected chi connectivity index (χ3v) is 3.77. The Hall–Kier alpha value is -2.04. The molecule has 4 N–H and O–H groups in total. The van der Waals surface area contributed by atoms with Crippen LogP contribution in [0, 0.1) is 13.8 Å². The van der Waals surface area contributed by atoms with Gasteiger partial charge in [0.15, 0.2) is 0 Å². The zero-order valence-corrected chi connectivity index (χ0v) is 13.3. The molecule has 0 aliphatic heterocycles. The molecule has 22 heavy (non-hydrogen) atoms. The van der Waals surface area contributed by atoms with E-state index in [0.29, 0.717) is 13.1 Å². The van der Waals surface area contributed by atoms with Gasteiger partial charge in [-0.05, 0) is 86.3 Å². The first kappa shape index (κ1) is 16.3. The van der Waals surface area contributed by atoms with E-state index in [2.05, 4.69) is 48.3 Å². The van der Waals surface area contributed by atoms with Crippen LogP contribution < -0.4 is 11.5 Å². The minimum atomic E-state index is 0.641. The number of hydrogen-bond acceptors (Lipinski definition) is 4. The smallest absolute Gasteiger partial charge is 0.0860 e. The number of azo groups is 1. The molecule has 0 aromatic heterocycles. The molecule has 116 valence electrons. The molecule has 0 amide bonds. The molecule has 0 aliphatic rings. The molecule has 0 atom stereocenters. The highest BCUT2D eigenvalue weighted by atomic mass is 15.1. The molecule has 4 heteroatoms. The van der Waals surface area contributed by atoms with Crippen molar-refractivity contribution < 1.29 is 0 Å². The molecule has 0 radical (unpaired) electrons. The van der Waals surface area contributed by atoms with Crippen LogP contribution in [0.3, 0.4) is 0 Å². The number of hydrogen-bond donors (Lipinski definition) is 2. The van der Waals surface area contributed by atoms with Gasteiger partial charge in [-0.15, -0.1) is 0 Å². The fraction of sp³-hybridized carbons (Fsp3) is 0.333. The maximum Gasteiger partial charge on any atom is 0.0860 e. The minimum absolute atomic E-state index is 0.641. The number of rotatable bonds is 6. The number of aryl methyl sites for hydroxylation is 2. The van der Waals surface area contributed by atoms with Crippen LogP contribution in [0.15, 0.2) is 46.6 Å². The monoisotopic (exact) mass is 296 g/mol. The van der Waals surface area contributed by atoms with E-state index in [1.165, 1.54) is 22.3 Å². The molecule has 0 spiro atoms. The molecule has 0 fully saturated rings. The normalized spacial score (nSPS) is 11.3. The van der Waals surface area contributed by atoms with Crippen LogP contribution in [-0.2, 0) is 12.8 Å². The van der Waals surface area contributed by atoms with Crippen LogP contribution in [0.2, 0.25) is 0 Å². The molecular weight excluding hydrogens is 272 g/mol. The highest BCUT2D eigenvalue weighted by molar-refractivity contribution is 5.46. The molecule has 0 aliphatic carbocycles. The number of nitrogens with zero attached hydrogens (tertiary/aromatic N) is 2. The summed E-state index contributed by atoms with van der Waals surface area (Å²) in [4.78, 5) is 0. The van der Waals surface area contributed by atoms with Gasteiger partial charge < -0.3 is 11.5 Å². The van der Waals surface area contributed by atoms with E-state index in [1.54, 1.807) is 0 Å². The van der Waals surface area contributed by atoms with Crippen LogP contribution in [0.4, 0.5) is 11.4 Å². The molecule has 0 saturated carbocycles. The van der Waals surface area contributed by atoms with Crippen LogP contribution >= 0.6 is 0 Å². The van der Waals surface area contributed by atoms with E-state index in [0.717, 1.165) is 24.2 Å². The summed E-state index contributed by atoms with van der Waals surface area (Å²) in [6.07, 6.45) is 1.72. The van der Waals surface area contributed by atoms with Crippen molar-refractivity contribution in [2.45, 2.75) is 26.7 Å². The zero-order chi connectivity index (χ0) is 15.9. The predicted molar refractivity (Wildman–Crippen MR) is 92.1 cm³/mol. The van der Waals surface area contributed by atoms with Crippen molar-refractivity contribution in [2.24, 2.45) is 21.7 Å². The molecule has 2 aromatic rings. The lowest BCUT2D eigenvalue weighted by Gasteiger charge is -2.06. The first-order valence-corrected chi connectivity index (χ1v) is 7.65. The van der Waals surface area contributed by atoms with Crippen molar-refractivity contribution in [2.75, 3.05) is 13.1 Å². The lowest BCUT2D eigenvalue weighted by atomic mass is 10.1. The summed E-state index contributed by atoms with van der Waals surface area (Å²) < 4.78 is 0. The van der Waals surface area contributed by atoms with E-state index in [-0.39, 0.29) is 0 Å². The Morgan fingerprint density at radius 1 is 0.727 bits per heavy atom. The van der Waals surface area contributed by atoms with Gasteiger partial charge >= 0.3 is 0 Å². The maximum absolute atomic E-state index is 5.64. The van der Waals surface area contributed by atoms with E-state index < -0.39 is 0 Å². The molecular formula is C18H24N4. The van der Waals surface area contributed by atoms with Gasteiger partial charge in [0.2, 0.25) is 0 Å². The second-order valence-electron chi connectivity index (χ2n) is 5.50. The van der Waals surface area contributed by atoms with Crippen LogP contribution in [-0.4, -0.2) is 13.1 Å². The summed E-state index contributed by atoms with van der Waals surface area (Å²) in [5.74, 6) is 0. The first-order chi connectivity index (χ1) is 10.6. The molecule has 2 rings (SSSR count). The van der Waals surface area contributed by atoms with Gasteiger partial charge in [-0.1, -0.05) is 12.1 Å². The van der Waals surface area contributed by atoms with Crippen molar-refractivity contribution in [3.63, 3.8) is 0 Å². The summed E-state index contributed by atoms with van der Waals surface area (Å²) in [5, 5.41) is 8.69. The topological polar surface area (TPSA) is 76.8 Å². The lowest BCUT2D eigenvalue weighted by molar-refractivity contribution is 0.955. The van der Waals surface area contributed by atoms with Gasteiger partial charge in [0.05, 0.1) is 11.4 Å². The minimum Gasteiger partial charge on any atom is -0.330 e. The van der Waals surface area contributed by atoms with Crippen molar-refractivity contribution in [3.05, 3.63) is 58.7 Å². The van der Waals surface area contributed by atoms with Crippen LogP contribution in [0.5, 0.6) is 0 Å². The standard InChI is InChI=1S/C18H24N4/c1-13-3-5-17(11-15(13)7-9-19)21-22-18-6-4-14(2)16(12-18)8-10-20/h3-6,11-12H,7-10,19-20H2,1-2H3. The quantitative estimate of drug-likeness (QED) is 0.797. The van der Waals surface area contributed by atoms with E-state index in [9.17, 15) is 0 Å². The Bertz CT molecular complexity index is 605. The van der Waals surface area contributed by atoms with E-state index in [4.69, 9.17) is 11.5 Å². The van der Waals surface area contributed by atoms with Crippen molar-refractivity contribution in [1.29, 1.82) is 0 Å². The Morgan fingerprint density at radius 2 is 1.14 bits per heavy atom. The fourth-order valence-electron chi connectivity index (χ4n) is 2.41. The van der Waals surface area contributed by atoms with Gasteiger partial charge in [-0.3, -0.25) is 0 Å². The Labute approximate surface area is 132 Å². The van der Waals surface area contributed by atoms with Crippen LogP contribution in [0.1, 0.15) is 22.3 Å². The number of benzene rings is 2. The summed E-state index contributed by atoms with van der Waals surface area (Å²) in [6.45, 7) is 5.46. The Balaban J connectivity index is 2.21. The first-order valence-electron chi connectivity index (χ1n) is 7.65. The second kappa shape index (κ2) is 7.82. The van der Waals surface area contributed by atoms with Gasteiger partial charge in [0.1, 0.15) is 0 Å². The molecule has 4 nitrogen and oxygen atoms in total. The van der Waals surface area contributed by atoms with E-state index in [1.807, 2.05) is 12.1 Å². The van der Waals surface area contributed by atoms with Gasteiger partial charge in [-0.25, -0.2) is 0 Å². The average Bonchev–Trinajstić information content (AvgIpc) is 2.51. The third-order valence-electron chi connectivity index (χ3n) is 3.77. The lowest BCUT2D eigenvalue weighted by Crippen LogP contribution is -2.03. The highest BCUT2D eigenvalue weighted by Gasteiger charge is 2.01. The third kappa shape index (κ3) is 4.23. The highest BCUT2D eigenvalue weighted by Crippen LogP contribution is 2.23. The number of nitrogens with two attached hydrogens (primary N) is 2. The van der Waals surface area contributed by atoms with Gasteiger partial charge in [0.25, 0.3) is 0 Å². The van der Waals surface area contributed by atoms with Crippen molar-refractivity contribution in [3.8, 4) is 0 Å².